The number of pyridine rings is 2. The van der Waals surface area contributed by atoms with Gasteiger partial charge in [0, 0.05) is 96.5 Å². The first-order valence-corrected chi connectivity index (χ1v) is 20.9. The molecule has 57 heavy (non-hydrogen) atoms. The summed E-state index contributed by atoms with van der Waals surface area (Å²) >= 11 is 1.62. The summed E-state index contributed by atoms with van der Waals surface area (Å²) in [5.41, 5.74) is 5.72. The number of amides is 2. The highest BCUT2D eigenvalue weighted by molar-refractivity contribution is 7.18. The lowest BCUT2D eigenvalue weighted by Gasteiger charge is -2.44. The van der Waals surface area contributed by atoms with Crippen LogP contribution in [0.5, 0.6) is 0 Å². The molecule has 0 spiro atoms. The van der Waals surface area contributed by atoms with Crippen molar-refractivity contribution in [1.29, 1.82) is 5.26 Å². The Balaban J connectivity index is 0.725. The lowest BCUT2D eigenvalue weighted by molar-refractivity contribution is -0.134. The number of piperazine rings is 1. The van der Waals surface area contributed by atoms with Gasteiger partial charge in [-0.1, -0.05) is 17.4 Å². The van der Waals surface area contributed by atoms with Crippen LogP contribution in [0, 0.1) is 17.2 Å². The molecule has 0 aliphatic carbocycles. The molecule has 1 atom stereocenters. The van der Waals surface area contributed by atoms with Crippen molar-refractivity contribution in [3.05, 3.63) is 66.1 Å². The van der Waals surface area contributed by atoms with Crippen molar-refractivity contribution in [2.45, 2.75) is 50.5 Å². The molecule has 9 rings (SSSR count). The number of fused-ring (bicyclic) bond motifs is 1. The predicted octanol–water partition coefficient (Wildman–Crippen LogP) is 4.25. The second-order valence-electron chi connectivity index (χ2n) is 15.6. The average molecular weight is 786 g/mol. The van der Waals surface area contributed by atoms with Crippen LogP contribution < -0.4 is 20.4 Å². The van der Waals surface area contributed by atoms with Crippen LogP contribution in [-0.4, -0.2) is 123 Å². The number of hydrogen-bond donors (Lipinski definition) is 2. The average Bonchev–Trinajstić information content (AvgIpc) is 3.92. The highest BCUT2D eigenvalue weighted by Gasteiger charge is 2.31. The maximum atomic E-state index is 12.3. The number of carbonyl (C=O) groups excluding carboxylic acids is 2. The highest BCUT2D eigenvalue weighted by atomic mass is 32.1. The third-order valence-corrected chi connectivity index (χ3v) is 13.3. The molecule has 0 aromatic carbocycles. The maximum absolute atomic E-state index is 12.3. The number of piperidine rings is 3. The van der Waals surface area contributed by atoms with Crippen LogP contribution in [0.15, 0.2) is 55.0 Å². The van der Waals surface area contributed by atoms with E-state index in [1.54, 1.807) is 22.0 Å². The Labute approximate surface area is 335 Å². The molecule has 4 saturated heterocycles. The minimum atomic E-state index is -0.292. The second kappa shape index (κ2) is 16.2. The number of rotatable bonds is 9. The van der Waals surface area contributed by atoms with Crippen molar-refractivity contribution >= 4 is 45.3 Å². The van der Waals surface area contributed by atoms with Crippen LogP contribution in [-0.2, 0) is 9.59 Å². The van der Waals surface area contributed by atoms with Crippen LogP contribution in [0.25, 0.3) is 27.5 Å². The molecule has 294 valence electrons. The van der Waals surface area contributed by atoms with Crippen LogP contribution in [0.1, 0.15) is 55.6 Å². The van der Waals surface area contributed by atoms with E-state index in [1.165, 1.54) is 6.54 Å². The molecule has 0 radical (unpaired) electrons. The topological polar surface area (TPSA) is 164 Å². The Morgan fingerprint density at radius 3 is 2.42 bits per heavy atom. The molecule has 2 N–H and O–H groups in total. The van der Waals surface area contributed by atoms with E-state index in [0.717, 1.165) is 128 Å². The Kier molecular flexibility index (Phi) is 10.5. The van der Waals surface area contributed by atoms with E-state index in [9.17, 15) is 14.9 Å². The van der Waals surface area contributed by atoms with Crippen LogP contribution in [0.4, 0.5) is 16.6 Å². The Morgan fingerprint density at radius 1 is 0.877 bits per heavy atom. The third-order valence-electron chi connectivity index (χ3n) is 12.2. The Bertz CT molecular complexity index is 2280. The van der Waals surface area contributed by atoms with Gasteiger partial charge in [0.15, 0.2) is 5.01 Å². The molecular weight excluding hydrogens is 739 g/mol. The van der Waals surface area contributed by atoms with Crippen molar-refractivity contribution in [3.63, 3.8) is 0 Å². The normalized spacial score (nSPS) is 20.5. The molecule has 5 aromatic rings. The first-order chi connectivity index (χ1) is 27.9. The van der Waals surface area contributed by atoms with Gasteiger partial charge in [0.05, 0.1) is 40.1 Å². The summed E-state index contributed by atoms with van der Waals surface area (Å²) in [6.07, 6.45) is 10.7. The summed E-state index contributed by atoms with van der Waals surface area (Å²) < 4.78 is 1.80. The van der Waals surface area contributed by atoms with Gasteiger partial charge < -0.3 is 20.0 Å². The quantitative estimate of drug-likeness (QED) is 0.204. The summed E-state index contributed by atoms with van der Waals surface area (Å²) in [6, 6.07) is 14.5. The zero-order chi connectivity index (χ0) is 38.9. The number of hydrogen-bond acceptors (Lipinski definition) is 14. The fourth-order valence-electron chi connectivity index (χ4n) is 8.92. The van der Waals surface area contributed by atoms with Gasteiger partial charge in [0.1, 0.15) is 11.9 Å². The predicted molar refractivity (Wildman–Crippen MR) is 219 cm³/mol. The van der Waals surface area contributed by atoms with E-state index in [1.807, 2.05) is 55.8 Å². The first-order valence-electron chi connectivity index (χ1n) is 20.1. The highest BCUT2D eigenvalue weighted by Crippen LogP contribution is 2.36. The van der Waals surface area contributed by atoms with Gasteiger partial charge in [-0.25, -0.2) is 9.50 Å². The van der Waals surface area contributed by atoms with E-state index in [-0.39, 0.29) is 17.7 Å². The van der Waals surface area contributed by atoms with Gasteiger partial charge in [-0.2, -0.15) is 10.4 Å². The molecule has 0 saturated carbocycles. The van der Waals surface area contributed by atoms with Gasteiger partial charge in [0.2, 0.25) is 16.9 Å². The van der Waals surface area contributed by atoms with Gasteiger partial charge in [0.25, 0.3) is 0 Å². The monoisotopic (exact) mass is 785 g/mol. The van der Waals surface area contributed by atoms with Crippen LogP contribution >= 0.6 is 11.3 Å². The molecular formula is C41H47N13O2S. The van der Waals surface area contributed by atoms with E-state index in [2.05, 4.69) is 51.6 Å². The van der Waals surface area contributed by atoms with Crippen LogP contribution in [0.2, 0.25) is 0 Å². The van der Waals surface area contributed by atoms with Crippen molar-refractivity contribution in [1.82, 2.24) is 44.9 Å². The number of imide groups is 1. The maximum Gasteiger partial charge on any atom is 0.234 e. The molecule has 4 aliphatic heterocycles. The number of nitrogens with zero attached hydrogens (tertiary/aromatic N) is 11. The molecule has 4 aliphatic rings. The van der Waals surface area contributed by atoms with Crippen molar-refractivity contribution in [2.24, 2.45) is 5.92 Å². The summed E-state index contributed by atoms with van der Waals surface area (Å²) in [5.74, 6) is 0.976. The number of aromatic nitrogens is 6. The molecule has 0 bridgehead atoms. The summed E-state index contributed by atoms with van der Waals surface area (Å²) in [7, 11) is 1.90. The third kappa shape index (κ3) is 7.79. The first kappa shape index (κ1) is 37.1. The Morgan fingerprint density at radius 2 is 1.68 bits per heavy atom. The summed E-state index contributed by atoms with van der Waals surface area (Å²) in [4.78, 5) is 43.4. The largest absolute Gasteiger partial charge is 0.387 e. The van der Waals surface area contributed by atoms with E-state index >= 15 is 0 Å². The van der Waals surface area contributed by atoms with Crippen molar-refractivity contribution < 1.29 is 9.59 Å². The lowest BCUT2D eigenvalue weighted by Crippen LogP contribution is -2.54. The van der Waals surface area contributed by atoms with Gasteiger partial charge in [-0.3, -0.25) is 24.8 Å². The molecule has 9 heterocycles. The molecule has 5 aromatic heterocycles. The van der Waals surface area contributed by atoms with E-state index in [4.69, 9.17) is 9.97 Å². The fourth-order valence-corrected chi connectivity index (χ4v) is 9.85. The number of nitrogens with one attached hydrogen (secondary N) is 2. The zero-order valence-corrected chi connectivity index (χ0v) is 33.0. The smallest absolute Gasteiger partial charge is 0.234 e. The number of anilines is 3. The lowest BCUT2D eigenvalue weighted by atomic mass is 9.91. The molecule has 4 fully saturated rings. The minimum Gasteiger partial charge on any atom is -0.387 e. The van der Waals surface area contributed by atoms with Gasteiger partial charge in [-0.15, -0.1) is 10.2 Å². The molecule has 15 nitrogen and oxygen atoms in total. The number of carbonyl (C=O) groups is 2. The molecule has 16 heteroatoms. The molecule has 2 amide bonds. The second-order valence-corrected chi connectivity index (χ2v) is 16.6. The molecule has 0 unspecified atom stereocenters. The van der Waals surface area contributed by atoms with E-state index in [0.29, 0.717) is 30.4 Å². The van der Waals surface area contributed by atoms with Crippen LogP contribution in [0.3, 0.4) is 0 Å². The summed E-state index contributed by atoms with van der Waals surface area (Å²) in [6.45, 7) is 9.63. The fraction of sp³-hybridized carbons (Fsp3) is 0.463. The standard InChI is InChI=1S/C41H47N13O2S/c1-43-34-21-35(36-5-3-31-20-28(22-42)23-46-54(31)36)44-25-33(34)40-48-49-41(57-40)53-14-10-30(11-15-53)51-18-16-50(17-19-51)26-27-8-12-52(13-9-27)37-6-2-29(24-45-37)32-4-7-38(55)47-39(32)56/h2-3,5-6,20-21,23-25,27,30,32H,4,7-19,26H2,1H3,(H,43,44)(H,47,55,56)/t32-/m0/s1. The van der Waals surface area contributed by atoms with Gasteiger partial charge >= 0.3 is 0 Å². The Hall–Kier alpha value is -5.50. The summed E-state index contributed by atoms with van der Waals surface area (Å²) in [5, 5.41) is 30.5. The van der Waals surface area contributed by atoms with E-state index < -0.39 is 0 Å². The zero-order valence-electron chi connectivity index (χ0n) is 32.2. The van der Waals surface area contributed by atoms with Crippen molar-refractivity contribution in [3.8, 4) is 28.0 Å². The minimum absolute atomic E-state index is 0.189. The van der Waals surface area contributed by atoms with Gasteiger partial charge in [-0.05, 0) is 73.9 Å². The van der Waals surface area contributed by atoms with Crippen molar-refractivity contribution in [2.75, 3.05) is 81.1 Å². The SMILES string of the molecule is CNc1cc(-c2ccc3cc(C#N)cnn23)ncc1-c1nnc(N2CCC(N3CCN(CC4CCN(c5ccc([C@@H]6CCC(=O)NC6=O)cn5)CC4)CC3)CC2)s1. The number of nitriles is 1.